The summed E-state index contributed by atoms with van der Waals surface area (Å²) < 4.78 is 0. The molecule has 0 bridgehead atoms. The van der Waals surface area contributed by atoms with E-state index in [1.54, 1.807) is 74.4 Å². The molecule has 410 valence electrons. The third kappa shape index (κ3) is 18.7. The van der Waals surface area contributed by atoms with Crippen LogP contribution in [0.25, 0.3) is 107 Å². The Labute approximate surface area is 500 Å². The molecule has 0 aliphatic heterocycles. The summed E-state index contributed by atoms with van der Waals surface area (Å²) in [6.45, 7) is 0. The van der Waals surface area contributed by atoms with Gasteiger partial charge in [-0.1, -0.05) is 36.5 Å². The van der Waals surface area contributed by atoms with Crippen LogP contribution in [0, 0.1) is 0 Å². The molecule has 12 heterocycles. The van der Waals surface area contributed by atoms with Gasteiger partial charge < -0.3 is 0 Å². The molecule has 0 radical (unpaired) electrons. The van der Waals surface area contributed by atoms with Crippen molar-refractivity contribution in [3.8, 4) is 34.2 Å². The van der Waals surface area contributed by atoms with Crippen LogP contribution < -0.4 is 0 Å². The normalized spacial score (nSPS) is 11.2. The fraction of sp³-hybridized carbons (Fsp3) is 0. The first-order valence-corrected chi connectivity index (χ1v) is 26.0. The maximum atomic E-state index is 4.46. The van der Waals surface area contributed by atoms with Crippen molar-refractivity contribution < 1.29 is 17.1 Å². The van der Waals surface area contributed by atoms with Crippen LogP contribution >= 0.6 is 0 Å². The summed E-state index contributed by atoms with van der Waals surface area (Å²) in [4.78, 5) is 75.4. The second kappa shape index (κ2) is 31.4. The summed E-state index contributed by atoms with van der Waals surface area (Å²) in [6, 6.07) is 34.8. The van der Waals surface area contributed by atoms with Gasteiger partial charge in [0.15, 0.2) is 0 Å². The zero-order valence-electron chi connectivity index (χ0n) is 45.1. The minimum Gasteiger partial charge on any atom is -0.255 e. The molecule has 0 aliphatic rings. The Morgan fingerprint density at radius 2 is 0.341 bits per heavy atom. The Bertz CT molecular complexity index is 3490. The van der Waals surface area contributed by atoms with E-state index in [0.717, 1.165) is 102 Å². The van der Waals surface area contributed by atoms with Crippen LogP contribution in [0.2, 0.25) is 0 Å². The van der Waals surface area contributed by atoms with Gasteiger partial charge in [-0.2, -0.15) is 0 Å². The number of pyridine rings is 6. The number of aromatic nitrogens is 18. The summed E-state index contributed by atoms with van der Waals surface area (Å²) in [5, 5.41) is 0. The molecule has 0 aliphatic carbocycles. The van der Waals surface area contributed by atoms with E-state index < -0.39 is 0 Å². The number of rotatable bonds is 15. The van der Waals surface area contributed by atoms with E-state index >= 15 is 0 Å². The first-order valence-electron chi connectivity index (χ1n) is 26.0. The van der Waals surface area contributed by atoms with Crippen LogP contribution in [-0.2, 0) is 17.1 Å². The molecule has 18 nitrogen and oxygen atoms in total. The molecular weight excluding hydrogens is 1100 g/mol. The molecule has 12 aromatic rings. The topological polar surface area (TPSA) is 232 Å². The van der Waals surface area contributed by atoms with Crippen LogP contribution in [0.15, 0.2) is 222 Å². The molecule has 0 N–H and O–H groups in total. The Balaban J connectivity index is 0.000000152. The van der Waals surface area contributed by atoms with Gasteiger partial charge in [0.2, 0.25) is 0 Å². The number of hydrogen-bond donors (Lipinski definition) is 0. The van der Waals surface area contributed by atoms with E-state index in [1.807, 2.05) is 182 Å². The van der Waals surface area contributed by atoms with Gasteiger partial charge in [0, 0.05) is 91.4 Å². The second-order valence-electron chi connectivity index (χ2n) is 17.7. The van der Waals surface area contributed by atoms with E-state index in [0.29, 0.717) is 0 Å². The molecule has 85 heavy (non-hydrogen) atoms. The molecular formula is C66H48FeN18. The van der Waals surface area contributed by atoms with E-state index in [1.165, 1.54) is 38.0 Å². The van der Waals surface area contributed by atoms with E-state index in [-0.39, 0.29) is 17.1 Å². The van der Waals surface area contributed by atoms with Crippen molar-refractivity contribution in [1.29, 1.82) is 0 Å². The number of hydrogen-bond acceptors (Lipinski definition) is 18. The molecule has 0 unspecified atom stereocenters. The summed E-state index contributed by atoms with van der Waals surface area (Å²) in [6.07, 6.45) is 53.7. The fourth-order valence-corrected chi connectivity index (χ4v) is 7.63. The van der Waals surface area contributed by atoms with Crippen LogP contribution in [0.5, 0.6) is 0 Å². The number of nitrogens with zero attached hydrogens (tertiary/aromatic N) is 18. The first-order chi connectivity index (χ1) is 41.6. The predicted octanol–water partition coefficient (Wildman–Crippen LogP) is 12.2. The Kier molecular flexibility index (Phi) is 21.4. The van der Waals surface area contributed by atoms with Crippen LogP contribution in [-0.4, -0.2) is 89.7 Å². The van der Waals surface area contributed by atoms with Crippen LogP contribution in [0.1, 0.15) is 67.5 Å². The van der Waals surface area contributed by atoms with Gasteiger partial charge in [-0.05, 0) is 179 Å². The van der Waals surface area contributed by atoms with Gasteiger partial charge in [0.1, 0.15) is 38.0 Å². The molecule has 0 amide bonds. The van der Waals surface area contributed by atoms with Gasteiger partial charge in [-0.15, -0.1) is 0 Å². The van der Waals surface area contributed by atoms with Crippen molar-refractivity contribution in [1.82, 2.24) is 89.7 Å². The van der Waals surface area contributed by atoms with Crippen molar-refractivity contribution in [3.05, 3.63) is 289 Å². The van der Waals surface area contributed by atoms with E-state index in [2.05, 4.69) is 89.7 Å². The maximum absolute atomic E-state index is 4.46. The monoisotopic (exact) mass is 1150 g/mol. The molecule has 0 fully saturated rings. The molecule has 12 aromatic heterocycles. The van der Waals surface area contributed by atoms with Crippen molar-refractivity contribution in [2.75, 3.05) is 0 Å². The maximum Gasteiger partial charge on any atom is 0.115 e. The molecule has 0 aromatic carbocycles. The molecule has 0 spiro atoms. The minimum atomic E-state index is 0. The quantitative estimate of drug-likeness (QED) is 0.0868. The molecule has 0 saturated carbocycles. The van der Waals surface area contributed by atoms with Gasteiger partial charge in [0.05, 0.1) is 68.3 Å². The average molecular weight is 1150 g/mol. The van der Waals surface area contributed by atoms with Crippen molar-refractivity contribution >= 4 is 72.9 Å². The zero-order valence-corrected chi connectivity index (χ0v) is 46.2. The van der Waals surface area contributed by atoms with Gasteiger partial charge in [-0.25, -0.2) is 59.8 Å². The van der Waals surface area contributed by atoms with Crippen molar-refractivity contribution in [3.63, 3.8) is 0 Å². The third-order valence-electron chi connectivity index (χ3n) is 11.8. The summed E-state index contributed by atoms with van der Waals surface area (Å²) in [5.41, 5.74) is 16.1. The summed E-state index contributed by atoms with van der Waals surface area (Å²) in [5.74, 6) is 0. The predicted molar refractivity (Wildman–Crippen MR) is 328 cm³/mol. The van der Waals surface area contributed by atoms with E-state index in [4.69, 9.17) is 0 Å². The Hall–Kier alpha value is -11.7. The molecule has 0 atom stereocenters. The SMILES string of the molecule is C(=Cc1ccncn1)c1ccnc(-c2cc(C=Cc3ccncn3)ccn2)c1.C(=Cc1ccncn1)c1ccnc(-c2cc(C=Cc3ccncn3)ccn2)c1.C(=Cc1ccncn1)c1ccnc(-c2cc(C=Cc3ccncn3)ccn2)c1.[Fe]. The minimum absolute atomic E-state index is 0. The Morgan fingerprint density at radius 3 is 0.482 bits per heavy atom. The van der Waals surface area contributed by atoms with Gasteiger partial charge in [0.25, 0.3) is 0 Å². The third-order valence-corrected chi connectivity index (χ3v) is 11.8. The van der Waals surface area contributed by atoms with Crippen LogP contribution in [0.4, 0.5) is 0 Å². The largest absolute Gasteiger partial charge is 0.255 e. The second-order valence-corrected chi connectivity index (χ2v) is 17.7. The van der Waals surface area contributed by atoms with Crippen molar-refractivity contribution in [2.24, 2.45) is 0 Å². The fourth-order valence-electron chi connectivity index (χ4n) is 7.63. The van der Waals surface area contributed by atoms with Gasteiger partial charge >= 0.3 is 0 Å². The van der Waals surface area contributed by atoms with E-state index in [9.17, 15) is 0 Å². The summed E-state index contributed by atoms with van der Waals surface area (Å²) in [7, 11) is 0. The first kappa shape index (κ1) is 58.0. The van der Waals surface area contributed by atoms with Crippen molar-refractivity contribution in [2.45, 2.75) is 0 Å². The molecule has 0 saturated heterocycles. The zero-order chi connectivity index (χ0) is 57.1. The molecule has 19 heteroatoms. The standard InChI is InChI=1S/3C22H16N6.Fe/c3*1(3-19-7-9-23-15-27-19)17-5-11-25-21(13-17)22-14-18(6-12-26-22)2-4-20-8-10-24-16-28-20;/h3*1-16H;. The Morgan fingerprint density at radius 1 is 0.176 bits per heavy atom. The smallest absolute Gasteiger partial charge is 0.115 e. The summed E-state index contributed by atoms with van der Waals surface area (Å²) >= 11 is 0. The van der Waals surface area contributed by atoms with Gasteiger partial charge in [-0.3, -0.25) is 29.9 Å². The van der Waals surface area contributed by atoms with Crippen LogP contribution in [0.3, 0.4) is 0 Å². The molecule has 12 rings (SSSR count). The average Bonchev–Trinajstić information content (AvgIpc) is 3.70.